The molecule has 1 heterocycles. The van der Waals surface area contributed by atoms with Gasteiger partial charge in [0.25, 0.3) is 0 Å². The fourth-order valence-corrected chi connectivity index (χ4v) is 2.04. The number of hydrogen-bond acceptors (Lipinski definition) is 3. The van der Waals surface area contributed by atoms with Gasteiger partial charge >= 0.3 is 0 Å². The molecule has 0 unspecified atom stereocenters. The van der Waals surface area contributed by atoms with E-state index in [4.69, 9.17) is 17.3 Å². The van der Waals surface area contributed by atoms with Crippen molar-refractivity contribution in [2.75, 3.05) is 18.4 Å². The van der Waals surface area contributed by atoms with Gasteiger partial charge in [-0.25, -0.2) is 0 Å². The number of benzene rings is 1. The van der Waals surface area contributed by atoms with Crippen molar-refractivity contribution in [1.29, 1.82) is 0 Å². The van der Waals surface area contributed by atoms with Gasteiger partial charge in [-0.05, 0) is 37.6 Å². The van der Waals surface area contributed by atoms with E-state index in [0.717, 1.165) is 39.4 Å². The monoisotopic (exact) mass is 249 g/mol. The molecule has 90 valence electrons. The number of aryl methyl sites for hydroxylation is 2. The average Bonchev–Trinajstić information content (AvgIpc) is 2.31. The molecular formula is C13H16ClN3. The van der Waals surface area contributed by atoms with Crippen molar-refractivity contribution in [1.82, 2.24) is 4.98 Å². The smallest absolute Gasteiger partial charge is 0.0769 e. The highest BCUT2D eigenvalue weighted by Gasteiger charge is 2.08. The first-order valence-electron chi connectivity index (χ1n) is 5.64. The Balaban J connectivity index is 2.64. The van der Waals surface area contributed by atoms with Crippen molar-refractivity contribution < 1.29 is 0 Å². The standard InChI is InChI=1S/C13H16ClN3/c1-8-7-12(16-6-5-15)10-3-4-11(14)9(2)13(10)17-8/h3-4,7H,5-6,15H2,1-2H3,(H,16,17). The summed E-state index contributed by atoms with van der Waals surface area (Å²) in [5.74, 6) is 0. The zero-order valence-corrected chi connectivity index (χ0v) is 10.8. The van der Waals surface area contributed by atoms with Crippen molar-refractivity contribution in [3.8, 4) is 0 Å². The summed E-state index contributed by atoms with van der Waals surface area (Å²) in [4.78, 5) is 4.55. The van der Waals surface area contributed by atoms with Gasteiger partial charge in [0.1, 0.15) is 0 Å². The molecule has 4 heteroatoms. The lowest BCUT2D eigenvalue weighted by molar-refractivity contribution is 1.02. The van der Waals surface area contributed by atoms with E-state index < -0.39 is 0 Å². The van der Waals surface area contributed by atoms with Crippen LogP contribution in [0.3, 0.4) is 0 Å². The number of nitrogens with two attached hydrogens (primary N) is 1. The van der Waals surface area contributed by atoms with Gasteiger partial charge < -0.3 is 11.1 Å². The molecule has 17 heavy (non-hydrogen) atoms. The van der Waals surface area contributed by atoms with Crippen LogP contribution in [0.1, 0.15) is 11.3 Å². The SMILES string of the molecule is Cc1cc(NCCN)c2ccc(Cl)c(C)c2n1. The Morgan fingerprint density at radius 3 is 2.82 bits per heavy atom. The third-order valence-electron chi connectivity index (χ3n) is 2.76. The summed E-state index contributed by atoms with van der Waals surface area (Å²) in [6.07, 6.45) is 0. The average molecular weight is 250 g/mol. The van der Waals surface area contributed by atoms with Gasteiger partial charge in [0.2, 0.25) is 0 Å². The van der Waals surface area contributed by atoms with Crippen LogP contribution in [0.25, 0.3) is 10.9 Å². The van der Waals surface area contributed by atoms with Crippen molar-refractivity contribution in [3.63, 3.8) is 0 Å². The Morgan fingerprint density at radius 2 is 2.12 bits per heavy atom. The summed E-state index contributed by atoms with van der Waals surface area (Å²) in [5.41, 5.74) is 9.53. The largest absolute Gasteiger partial charge is 0.383 e. The van der Waals surface area contributed by atoms with Crippen LogP contribution in [-0.4, -0.2) is 18.1 Å². The van der Waals surface area contributed by atoms with Crippen molar-refractivity contribution >= 4 is 28.2 Å². The third kappa shape index (κ3) is 2.35. The molecule has 2 aromatic rings. The molecule has 0 bridgehead atoms. The first kappa shape index (κ1) is 12.1. The van der Waals surface area contributed by atoms with Crippen LogP contribution in [-0.2, 0) is 0 Å². The summed E-state index contributed by atoms with van der Waals surface area (Å²) < 4.78 is 0. The zero-order valence-electron chi connectivity index (χ0n) is 10.0. The van der Waals surface area contributed by atoms with Gasteiger partial charge in [-0.1, -0.05) is 11.6 Å². The zero-order chi connectivity index (χ0) is 12.4. The minimum Gasteiger partial charge on any atom is -0.383 e. The number of halogens is 1. The van der Waals surface area contributed by atoms with Crippen LogP contribution in [0.5, 0.6) is 0 Å². The summed E-state index contributed by atoms with van der Waals surface area (Å²) in [6.45, 7) is 5.33. The van der Waals surface area contributed by atoms with Crippen molar-refractivity contribution in [2.45, 2.75) is 13.8 Å². The second kappa shape index (κ2) is 4.90. The second-order valence-electron chi connectivity index (χ2n) is 4.10. The van der Waals surface area contributed by atoms with Crippen LogP contribution in [0, 0.1) is 13.8 Å². The number of nitrogens with zero attached hydrogens (tertiary/aromatic N) is 1. The number of nitrogens with one attached hydrogen (secondary N) is 1. The molecule has 0 spiro atoms. The number of pyridine rings is 1. The first-order valence-corrected chi connectivity index (χ1v) is 6.01. The molecule has 0 atom stereocenters. The Morgan fingerprint density at radius 1 is 1.35 bits per heavy atom. The van der Waals surface area contributed by atoms with E-state index in [2.05, 4.69) is 10.3 Å². The predicted molar refractivity (Wildman–Crippen MR) is 73.8 cm³/mol. The minimum absolute atomic E-state index is 0.607. The van der Waals surface area contributed by atoms with E-state index >= 15 is 0 Å². The maximum atomic E-state index is 6.12. The number of anilines is 1. The summed E-state index contributed by atoms with van der Waals surface area (Å²) in [6, 6.07) is 5.94. The highest BCUT2D eigenvalue weighted by Crippen LogP contribution is 2.29. The Bertz CT molecular complexity index is 552. The quantitative estimate of drug-likeness (QED) is 0.880. The van der Waals surface area contributed by atoms with Crippen LogP contribution in [0.2, 0.25) is 5.02 Å². The molecule has 3 nitrogen and oxygen atoms in total. The molecule has 1 aromatic carbocycles. The van der Waals surface area contributed by atoms with Gasteiger partial charge in [-0.15, -0.1) is 0 Å². The van der Waals surface area contributed by atoms with Gasteiger partial charge in [-0.2, -0.15) is 0 Å². The maximum Gasteiger partial charge on any atom is 0.0769 e. The fraction of sp³-hybridized carbons (Fsp3) is 0.308. The molecule has 0 saturated heterocycles. The van der Waals surface area contributed by atoms with Crippen LogP contribution in [0.4, 0.5) is 5.69 Å². The molecule has 0 aliphatic carbocycles. The molecule has 3 N–H and O–H groups in total. The van der Waals surface area contributed by atoms with E-state index in [-0.39, 0.29) is 0 Å². The molecule has 0 radical (unpaired) electrons. The summed E-state index contributed by atoms with van der Waals surface area (Å²) in [7, 11) is 0. The van der Waals surface area contributed by atoms with Gasteiger partial charge in [-0.3, -0.25) is 4.98 Å². The summed E-state index contributed by atoms with van der Waals surface area (Å²) >= 11 is 6.12. The molecule has 0 aliphatic rings. The van der Waals surface area contributed by atoms with E-state index in [1.165, 1.54) is 0 Å². The second-order valence-corrected chi connectivity index (χ2v) is 4.50. The molecule has 0 saturated carbocycles. The highest BCUT2D eigenvalue weighted by molar-refractivity contribution is 6.32. The van der Waals surface area contributed by atoms with Crippen LogP contribution in [0.15, 0.2) is 18.2 Å². The Labute approximate surface area is 106 Å². The molecule has 0 fully saturated rings. The van der Waals surface area contributed by atoms with Gasteiger partial charge in [0.15, 0.2) is 0 Å². The van der Waals surface area contributed by atoms with Gasteiger partial charge in [0, 0.05) is 34.9 Å². The lowest BCUT2D eigenvalue weighted by atomic mass is 10.1. The molecule has 0 amide bonds. The Kier molecular flexibility index (Phi) is 3.50. The van der Waals surface area contributed by atoms with E-state index in [0.29, 0.717) is 6.54 Å². The van der Waals surface area contributed by atoms with E-state index in [1.807, 2.05) is 32.0 Å². The molecular weight excluding hydrogens is 234 g/mol. The van der Waals surface area contributed by atoms with Crippen molar-refractivity contribution in [2.24, 2.45) is 5.73 Å². The molecule has 1 aromatic heterocycles. The van der Waals surface area contributed by atoms with Crippen LogP contribution < -0.4 is 11.1 Å². The number of hydrogen-bond donors (Lipinski definition) is 2. The van der Waals surface area contributed by atoms with E-state index in [9.17, 15) is 0 Å². The highest BCUT2D eigenvalue weighted by atomic mass is 35.5. The lowest BCUT2D eigenvalue weighted by Gasteiger charge is -2.12. The number of fused-ring (bicyclic) bond motifs is 1. The third-order valence-corrected chi connectivity index (χ3v) is 3.17. The molecule has 2 rings (SSSR count). The normalized spacial score (nSPS) is 10.8. The van der Waals surface area contributed by atoms with Gasteiger partial charge in [0.05, 0.1) is 5.52 Å². The van der Waals surface area contributed by atoms with Crippen molar-refractivity contribution in [3.05, 3.63) is 34.5 Å². The predicted octanol–water partition coefficient (Wildman–Crippen LogP) is 2.88. The van der Waals surface area contributed by atoms with E-state index in [1.54, 1.807) is 0 Å². The topological polar surface area (TPSA) is 50.9 Å². The molecule has 0 aliphatic heterocycles. The maximum absolute atomic E-state index is 6.12. The minimum atomic E-state index is 0.607. The van der Waals surface area contributed by atoms with Crippen LogP contribution >= 0.6 is 11.6 Å². The Hall–Kier alpha value is -1.32. The fourth-order valence-electron chi connectivity index (χ4n) is 1.89. The first-order chi connectivity index (χ1) is 8.13. The lowest BCUT2D eigenvalue weighted by Crippen LogP contribution is -2.13. The number of rotatable bonds is 3. The number of aromatic nitrogens is 1. The summed E-state index contributed by atoms with van der Waals surface area (Å²) in [5, 5.41) is 5.16.